The number of nitrogens with one attached hydrogen (secondary N) is 1. The van der Waals surface area contributed by atoms with Gasteiger partial charge in [-0.15, -0.1) is 0 Å². The molecule has 4 heteroatoms. The third-order valence-corrected chi connectivity index (χ3v) is 1.78. The Hall–Kier alpha value is -1.58. The Kier molecular flexibility index (Phi) is 6.09. The normalized spacial score (nSPS) is 9.53. The van der Waals surface area contributed by atoms with Gasteiger partial charge in [0, 0.05) is 5.57 Å². The van der Waals surface area contributed by atoms with Crippen LogP contribution in [0.1, 0.15) is 13.8 Å². The van der Waals surface area contributed by atoms with Gasteiger partial charge in [0.25, 0.3) is 0 Å². The number of hydrogen-bond acceptors (Lipinski definition) is 3. The molecule has 0 aliphatic rings. The number of hydrogen-bond donors (Lipinski definition) is 1. The summed E-state index contributed by atoms with van der Waals surface area (Å²) in [7, 11) is 0. The summed E-state index contributed by atoms with van der Waals surface area (Å²) in [6.07, 6.45) is 1.16. The molecule has 0 unspecified atom stereocenters. The molecule has 4 nitrogen and oxygen atoms in total. The third-order valence-electron chi connectivity index (χ3n) is 1.78. The number of carbonyl (C=O) groups is 2. The second-order valence-electron chi connectivity index (χ2n) is 3.31. The van der Waals surface area contributed by atoms with E-state index < -0.39 is 5.97 Å². The molecule has 0 rings (SSSR count). The molecule has 0 saturated heterocycles. The van der Waals surface area contributed by atoms with E-state index >= 15 is 0 Å². The van der Waals surface area contributed by atoms with Crippen LogP contribution in [0.25, 0.3) is 0 Å². The van der Waals surface area contributed by atoms with Crippen molar-refractivity contribution in [3.05, 3.63) is 24.8 Å². The van der Waals surface area contributed by atoms with Crippen molar-refractivity contribution in [3.63, 3.8) is 0 Å². The van der Waals surface area contributed by atoms with Gasteiger partial charge in [0.15, 0.2) is 0 Å². The topological polar surface area (TPSA) is 55.4 Å². The maximum atomic E-state index is 11.2. The van der Waals surface area contributed by atoms with Gasteiger partial charge >= 0.3 is 5.97 Å². The molecule has 0 aromatic rings. The first kappa shape index (κ1) is 13.4. The average Bonchev–Trinajstić information content (AvgIpc) is 2.22. The van der Waals surface area contributed by atoms with Crippen LogP contribution < -0.4 is 5.32 Å². The average molecular weight is 211 g/mol. The highest BCUT2D eigenvalue weighted by atomic mass is 16.5. The maximum absolute atomic E-state index is 11.2. The SMILES string of the molecule is C=CC(=O)NCCOC(=O)C(=C)C(C)C. The Morgan fingerprint density at radius 2 is 2.07 bits per heavy atom. The zero-order chi connectivity index (χ0) is 11.8. The van der Waals surface area contributed by atoms with Crippen LogP contribution in [-0.2, 0) is 14.3 Å². The van der Waals surface area contributed by atoms with E-state index in [2.05, 4.69) is 18.5 Å². The molecule has 0 spiro atoms. The minimum absolute atomic E-state index is 0.0697. The van der Waals surface area contributed by atoms with Gasteiger partial charge in [0.2, 0.25) is 5.91 Å². The minimum atomic E-state index is -0.419. The maximum Gasteiger partial charge on any atom is 0.333 e. The number of rotatable bonds is 6. The van der Waals surface area contributed by atoms with Crippen LogP contribution in [0.3, 0.4) is 0 Å². The quantitative estimate of drug-likeness (QED) is 0.406. The minimum Gasteiger partial charge on any atom is -0.460 e. The molecule has 15 heavy (non-hydrogen) atoms. The van der Waals surface area contributed by atoms with Gasteiger partial charge in [-0.3, -0.25) is 4.79 Å². The molecule has 0 heterocycles. The molecular formula is C11H17NO3. The van der Waals surface area contributed by atoms with E-state index in [4.69, 9.17) is 4.74 Å². The van der Waals surface area contributed by atoms with Gasteiger partial charge in [-0.1, -0.05) is 27.0 Å². The fourth-order valence-electron chi connectivity index (χ4n) is 0.719. The van der Waals surface area contributed by atoms with Crippen molar-refractivity contribution in [2.75, 3.05) is 13.2 Å². The molecule has 1 amide bonds. The standard InChI is InChI=1S/C11H17NO3/c1-5-10(13)12-6-7-15-11(14)9(4)8(2)3/h5,8H,1,4,6-7H2,2-3H3,(H,12,13). The highest BCUT2D eigenvalue weighted by Crippen LogP contribution is 2.07. The van der Waals surface area contributed by atoms with E-state index in [1.165, 1.54) is 0 Å². The molecule has 0 aromatic carbocycles. The van der Waals surface area contributed by atoms with E-state index in [0.717, 1.165) is 6.08 Å². The Labute approximate surface area is 90.0 Å². The smallest absolute Gasteiger partial charge is 0.333 e. The van der Waals surface area contributed by atoms with Crippen LogP contribution in [0.15, 0.2) is 24.8 Å². The fourth-order valence-corrected chi connectivity index (χ4v) is 0.719. The number of carbonyl (C=O) groups excluding carboxylic acids is 2. The summed E-state index contributed by atoms with van der Waals surface area (Å²) >= 11 is 0. The monoisotopic (exact) mass is 211 g/mol. The molecule has 0 aliphatic heterocycles. The molecule has 1 N–H and O–H groups in total. The lowest BCUT2D eigenvalue weighted by Crippen LogP contribution is -2.26. The van der Waals surface area contributed by atoms with Gasteiger partial charge in [0.05, 0.1) is 6.54 Å². The Morgan fingerprint density at radius 3 is 2.53 bits per heavy atom. The summed E-state index contributed by atoms with van der Waals surface area (Å²) in [4.78, 5) is 22.0. The highest BCUT2D eigenvalue weighted by molar-refractivity contribution is 5.88. The van der Waals surface area contributed by atoms with Crippen molar-refractivity contribution in [2.45, 2.75) is 13.8 Å². The van der Waals surface area contributed by atoms with Crippen LogP contribution in [0.4, 0.5) is 0 Å². The van der Waals surface area contributed by atoms with Gasteiger partial charge in [-0.2, -0.15) is 0 Å². The summed E-state index contributed by atoms with van der Waals surface area (Å²) in [5.74, 6) is -0.633. The van der Waals surface area contributed by atoms with Crippen molar-refractivity contribution in [2.24, 2.45) is 5.92 Å². The molecule has 84 valence electrons. The first-order valence-corrected chi connectivity index (χ1v) is 4.75. The number of amides is 1. The second-order valence-corrected chi connectivity index (χ2v) is 3.31. The highest BCUT2D eigenvalue weighted by Gasteiger charge is 2.11. The molecule has 0 radical (unpaired) electrons. The predicted molar refractivity (Wildman–Crippen MR) is 58.1 cm³/mol. The van der Waals surface area contributed by atoms with Gasteiger partial charge in [0.1, 0.15) is 6.61 Å². The summed E-state index contributed by atoms with van der Waals surface area (Å²) in [5, 5.41) is 2.49. The predicted octanol–water partition coefficient (Wildman–Crippen LogP) is 1.04. The Bertz CT molecular complexity index is 269. The van der Waals surface area contributed by atoms with Crippen molar-refractivity contribution in [1.82, 2.24) is 5.32 Å². The molecule has 0 aromatic heterocycles. The number of ether oxygens (including phenoxy) is 1. The summed E-state index contributed by atoms with van der Waals surface area (Å²) in [6, 6.07) is 0. The second kappa shape index (κ2) is 6.81. The molecule has 0 atom stereocenters. The van der Waals surface area contributed by atoms with E-state index in [9.17, 15) is 9.59 Å². The van der Waals surface area contributed by atoms with E-state index in [-0.39, 0.29) is 25.0 Å². The largest absolute Gasteiger partial charge is 0.460 e. The molecule has 0 fully saturated rings. The first-order chi connectivity index (χ1) is 6.99. The van der Waals surface area contributed by atoms with Crippen molar-refractivity contribution in [1.29, 1.82) is 0 Å². The van der Waals surface area contributed by atoms with Crippen molar-refractivity contribution in [3.8, 4) is 0 Å². The van der Waals surface area contributed by atoms with Crippen molar-refractivity contribution >= 4 is 11.9 Å². The molecule has 0 saturated carbocycles. The Morgan fingerprint density at radius 1 is 1.47 bits per heavy atom. The van der Waals surface area contributed by atoms with Crippen LogP contribution in [0.5, 0.6) is 0 Å². The lowest BCUT2D eigenvalue weighted by molar-refractivity contribution is -0.139. The molecule has 0 bridgehead atoms. The van der Waals surface area contributed by atoms with E-state index in [1.807, 2.05) is 13.8 Å². The molecule has 0 aliphatic carbocycles. The first-order valence-electron chi connectivity index (χ1n) is 4.75. The molecular weight excluding hydrogens is 194 g/mol. The number of esters is 1. The van der Waals surface area contributed by atoms with Crippen LogP contribution in [0.2, 0.25) is 0 Å². The van der Waals surface area contributed by atoms with Crippen molar-refractivity contribution < 1.29 is 14.3 Å². The third kappa shape index (κ3) is 5.67. The van der Waals surface area contributed by atoms with E-state index in [1.54, 1.807) is 0 Å². The van der Waals surface area contributed by atoms with E-state index in [0.29, 0.717) is 5.57 Å². The van der Waals surface area contributed by atoms with Gasteiger partial charge in [-0.05, 0) is 12.0 Å². The summed E-state index contributed by atoms with van der Waals surface area (Å²) in [6.45, 7) is 11.0. The van der Waals surface area contributed by atoms with Crippen LogP contribution in [0, 0.1) is 5.92 Å². The van der Waals surface area contributed by atoms with Crippen LogP contribution >= 0.6 is 0 Å². The fraction of sp³-hybridized carbons (Fsp3) is 0.455. The lowest BCUT2D eigenvalue weighted by Gasteiger charge is -2.09. The zero-order valence-electron chi connectivity index (χ0n) is 9.21. The summed E-state index contributed by atoms with van der Waals surface area (Å²) in [5.41, 5.74) is 0.435. The Balaban J connectivity index is 3.69. The summed E-state index contributed by atoms with van der Waals surface area (Å²) < 4.78 is 4.87. The lowest BCUT2D eigenvalue weighted by atomic mass is 10.1. The van der Waals surface area contributed by atoms with Gasteiger partial charge in [-0.25, -0.2) is 4.79 Å². The zero-order valence-corrected chi connectivity index (χ0v) is 9.21. The van der Waals surface area contributed by atoms with Gasteiger partial charge < -0.3 is 10.1 Å². The van der Waals surface area contributed by atoms with Crippen LogP contribution in [-0.4, -0.2) is 25.0 Å².